The molecule has 3 nitrogen and oxygen atoms in total. The SMILES string of the molecule is Cc1ccc(S(=O)(=O)N(Cc2ccccc2)Sc2ccccc2)cc1. The first kappa shape index (κ1) is 17.7. The zero-order chi connectivity index (χ0) is 17.7. The molecule has 0 aliphatic rings. The highest BCUT2D eigenvalue weighted by molar-refractivity contribution is 8.08. The molecule has 0 amide bonds. The zero-order valence-corrected chi connectivity index (χ0v) is 15.5. The van der Waals surface area contributed by atoms with Gasteiger partial charge in [0.05, 0.1) is 11.4 Å². The van der Waals surface area contributed by atoms with Gasteiger partial charge >= 0.3 is 0 Å². The number of rotatable bonds is 6. The van der Waals surface area contributed by atoms with Gasteiger partial charge in [0.25, 0.3) is 10.0 Å². The van der Waals surface area contributed by atoms with E-state index in [0.717, 1.165) is 16.0 Å². The van der Waals surface area contributed by atoms with Crippen molar-refractivity contribution in [1.82, 2.24) is 3.71 Å². The van der Waals surface area contributed by atoms with Gasteiger partial charge in [-0.1, -0.05) is 66.2 Å². The molecule has 0 aliphatic carbocycles. The molecule has 0 heterocycles. The van der Waals surface area contributed by atoms with E-state index < -0.39 is 10.0 Å². The highest BCUT2D eigenvalue weighted by atomic mass is 32.3. The third-order valence-corrected chi connectivity index (χ3v) is 6.85. The van der Waals surface area contributed by atoms with Crippen molar-refractivity contribution in [3.8, 4) is 0 Å². The molecule has 0 saturated heterocycles. The molecule has 3 rings (SSSR count). The lowest BCUT2D eigenvalue weighted by Crippen LogP contribution is -2.24. The van der Waals surface area contributed by atoms with Gasteiger partial charge in [-0.2, -0.15) is 0 Å². The van der Waals surface area contributed by atoms with Gasteiger partial charge in [0, 0.05) is 4.90 Å². The van der Waals surface area contributed by atoms with E-state index in [1.54, 1.807) is 12.1 Å². The van der Waals surface area contributed by atoms with E-state index in [2.05, 4.69) is 0 Å². The Kier molecular flexibility index (Phi) is 5.58. The zero-order valence-electron chi connectivity index (χ0n) is 13.9. The van der Waals surface area contributed by atoms with Crippen molar-refractivity contribution in [2.24, 2.45) is 0 Å². The van der Waals surface area contributed by atoms with Crippen LogP contribution in [0.25, 0.3) is 0 Å². The van der Waals surface area contributed by atoms with Gasteiger partial charge in [0.1, 0.15) is 0 Å². The van der Waals surface area contributed by atoms with Crippen LogP contribution in [0.3, 0.4) is 0 Å². The third kappa shape index (κ3) is 4.51. The van der Waals surface area contributed by atoms with Crippen molar-refractivity contribution < 1.29 is 8.42 Å². The minimum Gasteiger partial charge on any atom is -0.206 e. The highest BCUT2D eigenvalue weighted by Crippen LogP contribution is 2.31. The van der Waals surface area contributed by atoms with Crippen LogP contribution in [0.1, 0.15) is 11.1 Å². The normalized spacial score (nSPS) is 11.6. The molecule has 5 heteroatoms. The molecule has 0 unspecified atom stereocenters. The van der Waals surface area contributed by atoms with Crippen LogP contribution < -0.4 is 0 Å². The van der Waals surface area contributed by atoms with Gasteiger partial charge < -0.3 is 0 Å². The van der Waals surface area contributed by atoms with Gasteiger partial charge in [0.15, 0.2) is 0 Å². The molecular weight excluding hydrogens is 350 g/mol. The van der Waals surface area contributed by atoms with E-state index in [1.165, 1.54) is 15.7 Å². The molecular formula is C20H19NO2S2. The minimum absolute atomic E-state index is 0.302. The number of nitrogens with zero attached hydrogens (tertiary/aromatic N) is 1. The molecule has 0 aliphatic heterocycles. The number of sulfonamides is 1. The van der Waals surface area contributed by atoms with Crippen LogP contribution in [0.5, 0.6) is 0 Å². The van der Waals surface area contributed by atoms with E-state index in [4.69, 9.17) is 0 Å². The van der Waals surface area contributed by atoms with E-state index >= 15 is 0 Å². The van der Waals surface area contributed by atoms with Crippen molar-refractivity contribution in [2.75, 3.05) is 0 Å². The fourth-order valence-electron chi connectivity index (χ4n) is 2.33. The summed E-state index contributed by atoms with van der Waals surface area (Å²) in [5, 5.41) is 0. The lowest BCUT2D eigenvalue weighted by molar-refractivity contribution is 0.540. The van der Waals surface area contributed by atoms with Crippen LogP contribution in [0.2, 0.25) is 0 Å². The first-order valence-corrected chi connectivity index (χ1v) is 10.1. The van der Waals surface area contributed by atoms with Crippen molar-refractivity contribution in [2.45, 2.75) is 23.3 Å². The number of benzene rings is 3. The molecule has 0 fully saturated rings. The van der Waals surface area contributed by atoms with Crippen LogP contribution in [-0.4, -0.2) is 12.1 Å². The Labute approximate surface area is 153 Å². The summed E-state index contributed by atoms with van der Waals surface area (Å²) in [6.07, 6.45) is 0. The van der Waals surface area contributed by atoms with Crippen molar-refractivity contribution >= 4 is 22.0 Å². The summed E-state index contributed by atoms with van der Waals surface area (Å²) in [4.78, 5) is 1.19. The predicted molar refractivity (Wildman–Crippen MR) is 103 cm³/mol. The fraction of sp³-hybridized carbons (Fsp3) is 0.100. The maximum Gasteiger partial charge on any atom is 0.252 e. The van der Waals surface area contributed by atoms with Crippen molar-refractivity contribution in [1.29, 1.82) is 0 Å². The second-order valence-electron chi connectivity index (χ2n) is 5.67. The number of aryl methyl sites for hydroxylation is 1. The largest absolute Gasteiger partial charge is 0.252 e. The van der Waals surface area contributed by atoms with Crippen LogP contribution >= 0.6 is 11.9 Å². The molecule has 0 atom stereocenters. The summed E-state index contributed by atoms with van der Waals surface area (Å²) >= 11 is 1.23. The maximum atomic E-state index is 13.2. The minimum atomic E-state index is -3.62. The van der Waals surface area contributed by atoms with Gasteiger partial charge in [-0.05, 0) is 48.7 Å². The molecule has 0 bridgehead atoms. The molecule has 128 valence electrons. The highest BCUT2D eigenvalue weighted by Gasteiger charge is 2.26. The van der Waals surface area contributed by atoms with Gasteiger partial charge in [-0.3, -0.25) is 0 Å². The van der Waals surface area contributed by atoms with E-state index in [1.807, 2.05) is 79.7 Å². The van der Waals surface area contributed by atoms with E-state index in [-0.39, 0.29) is 0 Å². The van der Waals surface area contributed by atoms with E-state index in [0.29, 0.717) is 11.4 Å². The van der Waals surface area contributed by atoms with Crippen LogP contribution in [-0.2, 0) is 16.6 Å². The quantitative estimate of drug-likeness (QED) is 0.580. The Hall–Kier alpha value is -2.08. The monoisotopic (exact) mass is 369 g/mol. The molecule has 25 heavy (non-hydrogen) atoms. The topological polar surface area (TPSA) is 37.4 Å². The molecule has 0 radical (unpaired) electrons. The summed E-state index contributed by atoms with van der Waals surface area (Å²) in [5.74, 6) is 0. The average Bonchev–Trinajstić information content (AvgIpc) is 2.63. The van der Waals surface area contributed by atoms with Crippen LogP contribution in [0.4, 0.5) is 0 Å². The molecule has 0 saturated carbocycles. The smallest absolute Gasteiger partial charge is 0.206 e. The maximum absolute atomic E-state index is 13.2. The Balaban J connectivity index is 1.95. The van der Waals surface area contributed by atoms with Gasteiger partial charge in [-0.25, -0.2) is 8.42 Å². The van der Waals surface area contributed by atoms with Crippen molar-refractivity contribution in [3.05, 3.63) is 96.1 Å². The molecule has 3 aromatic carbocycles. The fourth-order valence-corrected chi connectivity index (χ4v) is 5.00. The number of hydrogen-bond donors (Lipinski definition) is 0. The van der Waals surface area contributed by atoms with Crippen molar-refractivity contribution in [3.63, 3.8) is 0 Å². The molecule has 0 spiro atoms. The summed E-state index contributed by atoms with van der Waals surface area (Å²) < 4.78 is 27.8. The Morgan fingerprint density at radius 3 is 1.96 bits per heavy atom. The second-order valence-corrected chi connectivity index (χ2v) is 8.86. The molecule has 0 N–H and O–H groups in total. The van der Waals surface area contributed by atoms with Gasteiger partial charge in [0.2, 0.25) is 0 Å². The second kappa shape index (κ2) is 7.87. The lowest BCUT2D eigenvalue weighted by Gasteiger charge is -2.21. The average molecular weight is 370 g/mol. The lowest BCUT2D eigenvalue weighted by atomic mass is 10.2. The van der Waals surface area contributed by atoms with E-state index in [9.17, 15) is 8.42 Å². The first-order valence-electron chi connectivity index (χ1n) is 7.92. The molecule has 3 aromatic rings. The third-order valence-electron chi connectivity index (χ3n) is 3.69. The Morgan fingerprint density at radius 2 is 1.36 bits per heavy atom. The Bertz CT molecular complexity index is 867. The standard InChI is InChI=1S/C20H19NO2S2/c1-17-12-14-20(15-13-17)25(22,23)21(16-18-8-4-2-5-9-18)24-19-10-6-3-7-11-19/h2-15H,16H2,1H3. The predicted octanol–water partition coefficient (Wildman–Crippen LogP) is 4.89. The summed E-state index contributed by atoms with van der Waals surface area (Å²) in [7, 11) is -3.62. The van der Waals surface area contributed by atoms with Gasteiger partial charge in [-0.15, -0.1) is 3.71 Å². The first-order chi connectivity index (χ1) is 12.1. The summed E-state index contributed by atoms with van der Waals surface area (Å²) in [6.45, 7) is 2.24. The summed E-state index contributed by atoms with van der Waals surface area (Å²) in [5.41, 5.74) is 1.98. The number of hydrogen-bond acceptors (Lipinski definition) is 3. The van der Waals surface area contributed by atoms with Crippen LogP contribution in [0.15, 0.2) is 94.7 Å². The molecule has 0 aromatic heterocycles. The van der Waals surface area contributed by atoms with Crippen LogP contribution in [0, 0.1) is 6.92 Å². The summed E-state index contributed by atoms with van der Waals surface area (Å²) in [6, 6.07) is 26.1. The Morgan fingerprint density at radius 1 is 0.800 bits per heavy atom.